The number of hydrogen-bond donors (Lipinski definition) is 2. The highest BCUT2D eigenvalue weighted by Gasteiger charge is 2.24. The Balaban J connectivity index is 2.52. The molecule has 1 amide bonds. The molecule has 5 heteroatoms. The Morgan fingerprint density at radius 2 is 2.22 bits per heavy atom. The molecule has 0 spiro atoms. The Labute approximate surface area is 109 Å². The van der Waals surface area contributed by atoms with E-state index >= 15 is 0 Å². The van der Waals surface area contributed by atoms with Gasteiger partial charge in [0.2, 0.25) is 5.91 Å². The highest BCUT2D eigenvalue weighted by atomic mass is 16.5. The molecular weight excluding hydrogens is 232 g/mol. The maximum absolute atomic E-state index is 12.3. The first-order valence-electron chi connectivity index (χ1n) is 6.94. The molecule has 0 aromatic carbocycles. The van der Waals surface area contributed by atoms with Crippen LogP contribution in [0.2, 0.25) is 0 Å². The molecule has 1 fully saturated rings. The molecule has 18 heavy (non-hydrogen) atoms. The Kier molecular flexibility index (Phi) is 7.23. The Morgan fingerprint density at radius 1 is 1.50 bits per heavy atom. The molecule has 0 aromatic heterocycles. The zero-order valence-corrected chi connectivity index (χ0v) is 11.5. The van der Waals surface area contributed by atoms with E-state index < -0.39 is 0 Å². The lowest BCUT2D eigenvalue weighted by atomic mass is 10.1. The number of aliphatic hydroxyl groups excluding tert-OH is 1. The second kappa shape index (κ2) is 8.45. The number of carbonyl (C=O) groups is 1. The standard InChI is InChI=1S/C13H26N2O3/c1-3-12(4-2)15(6-7-16)13(17)9-11-10-18-8-5-14-11/h11-12,14,16H,3-10H2,1-2H3. The normalized spacial score (nSPS) is 20.1. The zero-order chi connectivity index (χ0) is 13.4. The van der Waals surface area contributed by atoms with Gasteiger partial charge >= 0.3 is 0 Å². The molecule has 0 aromatic rings. The van der Waals surface area contributed by atoms with Crippen molar-refractivity contribution < 1.29 is 14.6 Å². The third-order valence-corrected chi connectivity index (χ3v) is 3.46. The monoisotopic (exact) mass is 258 g/mol. The van der Waals surface area contributed by atoms with Crippen molar-refractivity contribution in [3.63, 3.8) is 0 Å². The number of ether oxygens (including phenoxy) is 1. The lowest BCUT2D eigenvalue weighted by Gasteiger charge is -2.32. The van der Waals surface area contributed by atoms with E-state index in [1.165, 1.54) is 0 Å². The highest BCUT2D eigenvalue weighted by Crippen LogP contribution is 2.12. The van der Waals surface area contributed by atoms with Crippen molar-refractivity contribution in [3.8, 4) is 0 Å². The van der Waals surface area contributed by atoms with E-state index in [1.54, 1.807) is 0 Å². The first kappa shape index (κ1) is 15.4. The van der Waals surface area contributed by atoms with Gasteiger partial charge in [-0.05, 0) is 12.8 Å². The molecule has 5 nitrogen and oxygen atoms in total. The van der Waals surface area contributed by atoms with Crippen molar-refractivity contribution in [2.45, 2.75) is 45.2 Å². The van der Waals surface area contributed by atoms with Crippen molar-refractivity contribution in [2.75, 3.05) is 32.9 Å². The van der Waals surface area contributed by atoms with Gasteiger partial charge in [0.15, 0.2) is 0 Å². The van der Waals surface area contributed by atoms with E-state index in [1.807, 2.05) is 4.90 Å². The van der Waals surface area contributed by atoms with Crippen LogP contribution in [0.5, 0.6) is 0 Å². The largest absolute Gasteiger partial charge is 0.395 e. The molecule has 0 aliphatic carbocycles. The van der Waals surface area contributed by atoms with Gasteiger partial charge < -0.3 is 20.1 Å². The summed E-state index contributed by atoms with van der Waals surface area (Å²) < 4.78 is 5.35. The van der Waals surface area contributed by atoms with Crippen LogP contribution in [0.3, 0.4) is 0 Å². The molecule has 1 heterocycles. The minimum Gasteiger partial charge on any atom is -0.395 e. The maximum Gasteiger partial charge on any atom is 0.224 e. The number of rotatable bonds is 7. The number of morpholine rings is 1. The van der Waals surface area contributed by atoms with Crippen LogP contribution >= 0.6 is 0 Å². The van der Waals surface area contributed by atoms with Crippen LogP contribution in [-0.2, 0) is 9.53 Å². The summed E-state index contributed by atoms with van der Waals surface area (Å²) in [6, 6.07) is 0.343. The summed E-state index contributed by atoms with van der Waals surface area (Å²) in [5.74, 6) is 0.112. The summed E-state index contributed by atoms with van der Waals surface area (Å²) in [5, 5.41) is 12.4. The summed E-state index contributed by atoms with van der Waals surface area (Å²) in [7, 11) is 0. The van der Waals surface area contributed by atoms with Crippen LogP contribution in [0.15, 0.2) is 0 Å². The average molecular weight is 258 g/mol. The third-order valence-electron chi connectivity index (χ3n) is 3.46. The van der Waals surface area contributed by atoms with E-state index in [0.29, 0.717) is 19.6 Å². The molecule has 2 N–H and O–H groups in total. The number of hydrogen-bond acceptors (Lipinski definition) is 4. The smallest absolute Gasteiger partial charge is 0.224 e. The van der Waals surface area contributed by atoms with Crippen molar-refractivity contribution in [2.24, 2.45) is 0 Å². The van der Waals surface area contributed by atoms with Crippen LogP contribution in [-0.4, -0.2) is 60.9 Å². The fraction of sp³-hybridized carbons (Fsp3) is 0.923. The van der Waals surface area contributed by atoms with Crippen LogP contribution < -0.4 is 5.32 Å². The number of amides is 1. The van der Waals surface area contributed by atoms with Crippen molar-refractivity contribution in [1.29, 1.82) is 0 Å². The SMILES string of the molecule is CCC(CC)N(CCO)C(=O)CC1COCCN1. The van der Waals surface area contributed by atoms with Gasteiger partial charge in [-0.2, -0.15) is 0 Å². The second-order valence-corrected chi connectivity index (χ2v) is 4.71. The van der Waals surface area contributed by atoms with E-state index in [2.05, 4.69) is 19.2 Å². The first-order chi connectivity index (χ1) is 8.72. The highest BCUT2D eigenvalue weighted by molar-refractivity contribution is 5.77. The van der Waals surface area contributed by atoms with Crippen LogP contribution in [0, 0.1) is 0 Å². The number of aliphatic hydroxyl groups is 1. The van der Waals surface area contributed by atoms with Crippen molar-refractivity contribution in [1.82, 2.24) is 10.2 Å². The van der Waals surface area contributed by atoms with E-state index in [0.717, 1.165) is 26.0 Å². The molecule has 0 radical (unpaired) electrons. The molecule has 1 rings (SSSR count). The molecule has 106 valence electrons. The summed E-state index contributed by atoms with van der Waals surface area (Å²) in [5.41, 5.74) is 0. The van der Waals surface area contributed by atoms with Crippen LogP contribution in [0.25, 0.3) is 0 Å². The lowest BCUT2D eigenvalue weighted by molar-refractivity contribution is -0.135. The lowest BCUT2D eigenvalue weighted by Crippen LogP contribution is -2.48. The fourth-order valence-electron chi connectivity index (χ4n) is 2.43. The Morgan fingerprint density at radius 3 is 2.72 bits per heavy atom. The van der Waals surface area contributed by atoms with Gasteiger partial charge in [-0.15, -0.1) is 0 Å². The Bertz CT molecular complexity index is 238. The van der Waals surface area contributed by atoms with E-state index in [4.69, 9.17) is 9.84 Å². The summed E-state index contributed by atoms with van der Waals surface area (Å²) >= 11 is 0. The zero-order valence-electron chi connectivity index (χ0n) is 11.5. The number of nitrogens with zero attached hydrogens (tertiary/aromatic N) is 1. The quantitative estimate of drug-likeness (QED) is 0.693. The predicted octanol–water partition coefficient (Wildman–Crippen LogP) is 0.374. The molecular formula is C13H26N2O3. The average Bonchev–Trinajstić information content (AvgIpc) is 2.40. The second-order valence-electron chi connectivity index (χ2n) is 4.71. The summed E-state index contributed by atoms with van der Waals surface area (Å²) in [6.45, 7) is 6.74. The van der Waals surface area contributed by atoms with Gasteiger partial charge in [0, 0.05) is 31.6 Å². The predicted molar refractivity (Wildman–Crippen MR) is 70.4 cm³/mol. The molecule has 0 bridgehead atoms. The number of nitrogens with one attached hydrogen (secondary N) is 1. The van der Waals surface area contributed by atoms with Crippen LogP contribution in [0.4, 0.5) is 0 Å². The van der Waals surface area contributed by atoms with Gasteiger partial charge in [-0.3, -0.25) is 4.79 Å². The first-order valence-corrected chi connectivity index (χ1v) is 6.94. The van der Waals surface area contributed by atoms with Crippen molar-refractivity contribution in [3.05, 3.63) is 0 Å². The minimum absolute atomic E-state index is 0.0246. The summed E-state index contributed by atoms with van der Waals surface area (Å²) in [4.78, 5) is 14.1. The Hall–Kier alpha value is -0.650. The van der Waals surface area contributed by atoms with Crippen molar-refractivity contribution >= 4 is 5.91 Å². The van der Waals surface area contributed by atoms with Gasteiger partial charge in [-0.1, -0.05) is 13.8 Å². The fourth-order valence-corrected chi connectivity index (χ4v) is 2.43. The van der Waals surface area contributed by atoms with Crippen LogP contribution in [0.1, 0.15) is 33.1 Å². The van der Waals surface area contributed by atoms with E-state index in [-0.39, 0.29) is 24.6 Å². The minimum atomic E-state index is 0.0246. The maximum atomic E-state index is 12.3. The topological polar surface area (TPSA) is 61.8 Å². The summed E-state index contributed by atoms with van der Waals surface area (Å²) in [6.07, 6.45) is 2.31. The van der Waals surface area contributed by atoms with Gasteiger partial charge in [0.05, 0.1) is 19.8 Å². The third kappa shape index (κ3) is 4.55. The molecule has 1 aliphatic heterocycles. The molecule has 0 saturated carbocycles. The van der Waals surface area contributed by atoms with E-state index in [9.17, 15) is 4.79 Å². The van der Waals surface area contributed by atoms with Gasteiger partial charge in [0.1, 0.15) is 0 Å². The molecule has 1 aliphatic rings. The number of carbonyl (C=O) groups excluding carboxylic acids is 1. The molecule has 1 unspecified atom stereocenters. The molecule has 1 saturated heterocycles. The van der Waals surface area contributed by atoms with Gasteiger partial charge in [-0.25, -0.2) is 0 Å². The molecule has 1 atom stereocenters. The van der Waals surface area contributed by atoms with Gasteiger partial charge in [0.25, 0.3) is 0 Å².